The number of ether oxygens (including phenoxy) is 1. The number of unbranched alkanes of at least 4 members (excludes halogenated alkanes) is 2. The molecule has 0 amide bonds. The number of hydrogen-bond acceptors (Lipinski definition) is 3. The molecule has 19 heavy (non-hydrogen) atoms. The minimum absolute atomic E-state index is 0.607. The molecule has 0 heterocycles. The highest BCUT2D eigenvalue weighted by atomic mass is 16.5. The van der Waals surface area contributed by atoms with Crippen LogP contribution in [0.1, 0.15) is 50.7 Å². The van der Waals surface area contributed by atoms with Gasteiger partial charge >= 0.3 is 5.97 Å². The summed E-state index contributed by atoms with van der Waals surface area (Å²) in [6.07, 6.45) is 6.04. The Kier molecular flexibility index (Phi) is 6.67. The van der Waals surface area contributed by atoms with Crippen LogP contribution in [-0.2, 0) is 17.6 Å². The lowest BCUT2D eigenvalue weighted by Crippen LogP contribution is -2.08. The third-order valence-corrected chi connectivity index (χ3v) is 3.06. The number of esters is 1. The average molecular weight is 259 g/mol. The van der Waals surface area contributed by atoms with Crippen LogP contribution in [0.2, 0.25) is 0 Å². The van der Waals surface area contributed by atoms with Gasteiger partial charge in [-0.3, -0.25) is 0 Å². The standard InChI is InChI=1S/C16H21NO2/c1-3-5-8-13-10-7-11-14(9-6-4-2)16(13)19-15(18)12-17/h7,10-11H,3-6,8-9H2,1-2H3. The first kappa shape index (κ1) is 15.2. The van der Waals surface area contributed by atoms with Crippen molar-refractivity contribution in [1.82, 2.24) is 0 Å². The van der Waals surface area contributed by atoms with E-state index in [0.29, 0.717) is 5.75 Å². The summed E-state index contributed by atoms with van der Waals surface area (Å²) in [5.74, 6) is -0.224. The fourth-order valence-electron chi connectivity index (χ4n) is 2.01. The van der Waals surface area contributed by atoms with Crippen molar-refractivity contribution in [3.8, 4) is 11.8 Å². The number of para-hydroxylation sites is 1. The molecule has 0 aliphatic heterocycles. The summed E-state index contributed by atoms with van der Waals surface area (Å²) in [7, 11) is 0. The molecular formula is C16H21NO2. The Morgan fingerprint density at radius 2 is 1.68 bits per heavy atom. The van der Waals surface area contributed by atoms with E-state index in [1.165, 1.54) is 6.07 Å². The van der Waals surface area contributed by atoms with E-state index >= 15 is 0 Å². The van der Waals surface area contributed by atoms with Gasteiger partial charge < -0.3 is 4.74 Å². The highest BCUT2D eigenvalue weighted by molar-refractivity contribution is 5.88. The molecule has 0 aromatic heterocycles. The Morgan fingerprint density at radius 3 is 2.11 bits per heavy atom. The summed E-state index contributed by atoms with van der Waals surface area (Å²) in [5.41, 5.74) is 2.05. The van der Waals surface area contributed by atoms with E-state index in [1.807, 2.05) is 18.2 Å². The number of carbonyl (C=O) groups excluding carboxylic acids is 1. The van der Waals surface area contributed by atoms with Crippen LogP contribution in [0.4, 0.5) is 0 Å². The lowest BCUT2D eigenvalue weighted by Gasteiger charge is -2.13. The Balaban J connectivity index is 3.01. The van der Waals surface area contributed by atoms with Gasteiger partial charge in [0.25, 0.3) is 0 Å². The van der Waals surface area contributed by atoms with E-state index in [1.54, 1.807) is 0 Å². The molecule has 3 nitrogen and oxygen atoms in total. The van der Waals surface area contributed by atoms with Crippen LogP contribution in [-0.4, -0.2) is 5.97 Å². The minimum atomic E-state index is -0.832. The highest BCUT2D eigenvalue weighted by Crippen LogP contribution is 2.27. The molecule has 0 N–H and O–H groups in total. The summed E-state index contributed by atoms with van der Waals surface area (Å²) in [5, 5.41) is 8.61. The fraction of sp³-hybridized carbons (Fsp3) is 0.500. The van der Waals surface area contributed by atoms with Crippen LogP contribution in [0.25, 0.3) is 0 Å². The van der Waals surface area contributed by atoms with E-state index in [2.05, 4.69) is 13.8 Å². The Hall–Kier alpha value is -1.82. The molecule has 0 saturated carbocycles. The van der Waals surface area contributed by atoms with Crippen molar-refractivity contribution < 1.29 is 9.53 Å². The predicted molar refractivity (Wildman–Crippen MR) is 74.9 cm³/mol. The van der Waals surface area contributed by atoms with E-state index in [4.69, 9.17) is 10.00 Å². The second-order valence-electron chi connectivity index (χ2n) is 4.61. The van der Waals surface area contributed by atoms with Crippen LogP contribution in [0.15, 0.2) is 18.2 Å². The van der Waals surface area contributed by atoms with Crippen molar-refractivity contribution in [2.45, 2.75) is 52.4 Å². The first-order valence-electron chi connectivity index (χ1n) is 6.95. The largest absolute Gasteiger partial charge is 0.416 e. The molecule has 0 unspecified atom stereocenters. The summed E-state index contributed by atoms with van der Waals surface area (Å²) in [6.45, 7) is 4.25. The summed E-state index contributed by atoms with van der Waals surface area (Å²) >= 11 is 0. The van der Waals surface area contributed by atoms with Crippen LogP contribution in [0.5, 0.6) is 5.75 Å². The van der Waals surface area contributed by atoms with Gasteiger partial charge in [0, 0.05) is 0 Å². The number of hydrogen-bond donors (Lipinski definition) is 0. The van der Waals surface area contributed by atoms with Crippen molar-refractivity contribution in [2.75, 3.05) is 0 Å². The second-order valence-corrected chi connectivity index (χ2v) is 4.61. The molecule has 0 aliphatic rings. The number of nitriles is 1. The SMILES string of the molecule is CCCCc1cccc(CCCC)c1OC(=O)C#N. The second kappa shape index (κ2) is 8.31. The maximum absolute atomic E-state index is 11.2. The molecule has 102 valence electrons. The molecule has 1 aromatic rings. The van der Waals surface area contributed by atoms with Crippen molar-refractivity contribution in [3.63, 3.8) is 0 Å². The maximum atomic E-state index is 11.2. The smallest absolute Gasteiger partial charge is 0.415 e. The van der Waals surface area contributed by atoms with E-state index in [-0.39, 0.29) is 0 Å². The van der Waals surface area contributed by atoms with Gasteiger partial charge in [0.05, 0.1) is 0 Å². The van der Waals surface area contributed by atoms with Crippen LogP contribution in [0.3, 0.4) is 0 Å². The van der Waals surface area contributed by atoms with E-state index in [9.17, 15) is 4.79 Å². The summed E-state index contributed by atoms with van der Waals surface area (Å²) < 4.78 is 5.22. The lowest BCUT2D eigenvalue weighted by atomic mass is 10.0. The maximum Gasteiger partial charge on any atom is 0.416 e. The molecule has 0 atom stereocenters. The lowest BCUT2D eigenvalue weighted by molar-refractivity contribution is -0.128. The molecule has 1 aromatic carbocycles. The summed E-state index contributed by atoms with van der Waals surface area (Å²) in [4.78, 5) is 11.2. The normalized spacial score (nSPS) is 9.95. The molecule has 0 bridgehead atoms. The number of benzene rings is 1. The van der Waals surface area contributed by atoms with Gasteiger partial charge in [0.15, 0.2) is 6.07 Å². The Bertz CT molecular complexity index is 434. The number of rotatable bonds is 7. The third kappa shape index (κ3) is 4.75. The molecular weight excluding hydrogens is 238 g/mol. The number of carbonyl (C=O) groups is 1. The molecule has 0 fully saturated rings. The third-order valence-electron chi connectivity index (χ3n) is 3.06. The van der Waals surface area contributed by atoms with Crippen LogP contribution in [0, 0.1) is 11.3 Å². The van der Waals surface area contributed by atoms with Gasteiger partial charge in [-0.05, 0) is 36.8 Å². The highest BCUT2D eigenvalue weighted by Gasteiger charge is 2.13. The van der Waals surface area contributed by atoms with Crippen molar-refractivity contribution in [1.29, 1.82) is 5.26 Å². The van der Waals surface area contributed by atoms with Gasteiger partial charge in [-0.1, -0.05) is 44.9 Å². The summed E-state index contributed by atoms with van der Waals surface area (Å²) in [6, 6.07) is 7.47. The Morgan fingerprint density at radius 1 is 1.16 bits per heavy atom. The molecule has 1 rings (SSSR count). The van der Waals surface area contributed by atoms with E-state index in [0.717, 1.165) is 49.7 Å². The zero-order valence-corrected chi connectivity index (χ0v) is 11.7. The van der Waals surface area contributed by atoms with Gasteiger partial charge in [0.2, 0.25) is 0 Å². The van der Waals surface area contributed by atoms with Crippen molar-refractivity contribution in [3.05, 3.63) is 29.3 Å². The van der Waals surface area contributed by atoms with Crippen molar-refractivity contribution in [2.24, 2.45) is 0 Å². The van der Waals surface area contributed by atoms with Gasteiger partial charge in [-0.25, -0.2) is 4.79 Å². The molecule has 0 spiro atoms. The van der Waals surface area contributed by atoms with E-state index < -0.39 is 5.97 Å². The zero-order chi connectivity index (χ0) is 14.1. The topological polar surface area (TPSA) is 50.1 Å². The van der Waals surface area contributed by atoms with Gasteiger partial charge in [-0.15, -0.1) is 0 Å². The van der Waals surface area contributed by atoms with Crippen molar-refractivity contribution >= 4 is 5.97 Å². The van der Waals surface area contributed by atoms with Crippen LogP contribution < -0.4 is 4.74 Å². The molecule has 3 heteroatoms. The zero-order valence-electron chi connectivity index (χ0n) is 11.7. The predicted octanol–water partition coefficient (Wildman–Crippen LogP) is 3.80. The quantitative estimate of drug-likeness (QED) is 0.425. The van der Waals surface area contributed by atoms with Crippen LogP contribution >= 0.6 is 0 Å². The average Bonchev–Trinajstić information content (AvgIpc) is 2.44. The first-order valence-corrected chi connectivity index (χ1v) is 6.95. The van der Waals surface area contributed by atoms with Gasteiger partial charge in [0.1, 0.15) is 5.75 Å². The fourth-order valence-corrected chi connectivity index (χ4v) is 2.01. The van der Waals surface area contributed by atoms with Gasteiger partial charge in [-0.2, -0.15) is 5.26 Å². The first-order chi connectivity index (χ1) is 9.22. The molecule has 0 radical (unpaired) electrons. The molecule has 0 saturated heterocycles. The minimum Gasteiger partial charge on any atom is -0.415 e. The molecule has 0 aliphatic carbocycles. The number of aryl methyl sites for hydroxylation is 2. The number of nitrogens with zero attached hydrogens (tertiary/aromatic N) is 1. The monoisotopic (exact) mass is 259 g/mol. The Labute approximate surface area is 115 Å².